The molecule has 0 aliphatic heterocycles. The summed E-state index contributed by atoms with van der Waals surface area (Å²) in [5.41, 5.74) is 0.438. The van der Waals surface area contributed by atoms with Crippen molar-refractivity contribution in [2.45, 2.75) is 46.5 Å². The van der Waals surface area contributed by atoms with E-state index in [0.717, 1.165) is 38.6 Å². The molecule has 0 saturated heterocycles. The minimum atomic E-state index is 0.279. The fraction of sp³-hybridized carbons (Fsp3) is 1.00. The van der Waals surface area contributed by atoms with Gasteiger partial charge in [-0.05, 0) is 37.3 Å². The molecule has 0 aromatic heterocycles. The van der Waals surface area contributed by atoms with Crippen molar-refractivity contribution in [3.05, 3.63) is 0 Å². The molecule has 1 rings (SSSR count). The smallest absolute Gasteiger partial charge is 0.0558 e. The van der Waals surface area contributed by atoms with E-state index in [1.807, 2.05) is 0 Å². The van der Waals surface area contributed by atoms with E-state index in [9.17, 15) is 0 Å². The summed E-state index contributed by atoms with van der Waals surface area (Å²) in [5, 5.41) is 12.7. The summed E-state index contributed by atoms with van der Waals surface area (Å²) in [6.45, 7) is 12.2. The van der Waals surface area contributed by atoms with Crippen LogP contribution >= 0.6 is 0 Å². The number of aliphatic hydroxyl groups is 1. The lowest BCUT2D eigenvalue weighted by Gasteiger charge is -2.43. The molecule has 1 aliphatic carbocycles. The lowest BCUT2D eigenvalue weighted by atomic mass is 9.70. The van der Waals surface area contributed by atoms with Gasteiger partial charge in [-0.15, -0.1) is 0 Å². The van der Waals surface area contributed by atoms with Gasteiger partial charge in [-0.1, -0.05) is 33.6 Å². The third-order valence-electron chi connectivity index (χ3n) is 4.51. The third-order valence-corrected chi connectivity index (χ3v) is 4.51. The number of rotatable bonds is 8. The van der Waals surface area contributed by atoms with E-state index in [2.05, 4.69) is 31.0 Å². The molecule has 0 aromatic rings. The molecule has 0 bridgehead atoms. The van der Waals surface area contributed by atoms with Crippen LogP contribution in [0.5, 0.6) is 0 Å². The average Bonchev–Trinajstić information content (AvgIpc) is 2.39. The summed E-state index contributed by atoms with van der Waals surface area (Å²) in [7, 11) is 0. The Labute approximate surface area is 113 Å². The molecule has 0 radical (unpaired) electrons. The van der Waals surface area contributed by atoms with Crippen molar-refractivity contribution in [3.8, 4) is 0 Å². The Kier molecular flexibility index (Phi) is 7.20. The second-order valence-electron chi connectivity index (χ2n) is 6.06. The van der Waals surface area contributed by atoms with Crippen LogP contribution in [0.1, 0.15) is 46.5 Å². The van der Waals surface area contributed by atoms with Crippen molar-refractivity contribution >= 4 is 0 Å². The van der Waals surface area contributed by atoms with Crippen molar-refractivity contribution < 1.29 is 5.11 Å². The highest BCUT2D eigenvalue weighted by Crippen LogP contribution is 2.39. The number of nitrogens with one attached hydrogen (secondary N) is 1. The molecule has 18 heavy (non-hydrogen) atoms. The third kappa shape index (κ3) is 4.87. The molecule has 0 amide bonds. The van der Waals surface area contributed by atoms with Gasteiger partial charge in [0.1, 0.15) is 0 Å². The van der Waals surface area contributed by atoms with E-state index >= 15 is 0 Å². The van der Waals surface area contributed by atoms with Crippen molar-refractivity contribution in [3.63, 3.8) is 0 Å². The molecule has 0 unspecified atom stereocenters. The lowest BCUT2D eigenvalue weighted by Crippen LogP contribution is -2.46. The Morgan fingerprint density at radius 3 is 2.44 bits per heavy atom. The van der Waals surface area contributed by atoms with Crippen LogP contribution in [-0.4, -0.2) is 49.3 Å². The first-order valence-corrected chi connectivity index (χ1v) is 7.69. The van der Waals surface area contributed by atoms with Crippen LogP contribution < -0.4 is 5.32 Å². The van der Waals surface area contributed by atoms with Gasteiger partial charge in [-0.2, -0.15) is 0 Å². The molecule has 0 spiro atoms. The molecule has 0 atom stereocenters. The minimum absolute atomic E-state index is 0.279. The maximum absolute atomic E-state index is 9.14. The Hall–Kier alpha value is -0.120. The Bertz CT molecular complexity index is 207. The van der Waals surface area contributed by atoms with Gasteiger partial charge in [0.2, 0.25) is 0 Å². The number of hydrogen-bond donors (Lipinski definition) is 2. The monoisotopic (exact) mass is 256 g/mol. The van der Waals surface area contributed by atoms with E-state index in [4.69, 9.17) is 5.11 Å². The molecule has 0 aromatic carbocycles. The van der Waals surface area contributed by atoms with Crippen molar-refractivity contribution in [2.24, 2.45) is 11.3 Å². The standard InChI is InChI=1S/C15H32N2O/c1-4-16-12-15(8-6-14(3)7-9-15)13-17(5-2)10-11-18/h14,16,18H,4-13H2,1-3H3. The zero-order valence-corrected chi connectivity index (χ0v) is 12.5. The van der Waals surface area contributed by atoms with Gasteiger partial charge in [0.15, 0.2) is 0 Å². The Morgan fingerprint density at radius 1 is 1.28 bits per heavy atom. The first-order chi connectivity index (χ1) is 8.65. The lowest BCUT2D eigenvalue weighted by molar-refractivity contribution is 0.0792. The Balaban J connectivity index is 2.58. The van der Waals surface area contributed by atoms with Crippen molar-refractivity contribution in [1.82, 2.24) is 10.2 Å². The van der Waals surface area contributed by atoms with E-state index in [0.29, 0.717) is 5.41 Å². The largest absolute Gasteiger partial charge is 0.395 e. The SMILES string of the molecule is CCNCC1(CN(CC)CCO)CCC(C)CC1. The quantitative estimate of drug-likeness (QED) is 0.698. The summed E-state index contributed by atoms with van der Waals surface area (Å²) in [4.78, 5) is 2.41. The molecule has 3 heteroatoms. The molecule has 2 N–H and O–H groups in total. The number of likely N-dealkylation sites (N-methyl/N-ethyl adjacent to an activating group) is 1. The minimum Gasteiger partial charge on any atom is -0.395 e. The van der Waals surface area contributed by atoms with Gasteiger partial charge < -0.3 is 15.3 Å². The van der Waals surface area contributed by atoms with Crippen LogP contribution in [0, 0.1) is 11.3 Å². The predicted molar refractivity (Wildman–Crippen MR) is 77.8 cm³/mol. The summed E-state index contributed by atoms with van der Waals surface area (Å²) in [6.07, 6.45) is 5.40. The second-order valence-corrected chi connectivity index (χ2v) is 6.06. The van der Waals surface area contributed by atoms with Crippen LogP contribution in [0.25, 0.3) is 0 Å². The second kappa shape index (κ2) is 8.13. The summed E-state index contributed by atoms with van der Waals surface area (Å²) in [5.74, 6) is 0.896. The number of aliphatic hydroxyl groups excluding tert-OH is 1. The van der Waals surface area contributed by atoms with E-state index in [-0.39, 0.29) is 6.61 Å². The summed E-state index contributed by atoms with van der Waals surface area (Å²) in [6, 6.07) is 0. The average molecular weight is 256 g/mol. The van der Waals surface area contributed by atoms with Gasteiger partial charge in [0, 0.05) is 19.6 Å². The highest BCUT2D eigenvalue weighted by molar-refractivity contribution is 4.89. The molecule has 3 nitrogen and oxygen atoms in total. The molecule has 108 valence electrons. The topological polar surface area (TPSA) is 35.5 Å². The molecular formula is C15H32N2O. The predicted octanol–water partition coefficient (Wildman–Crippen LogP) is 2.11. The first kappa shape index (κ1) is 15.9. The highest BCUT2D eigenvalue weighted by Gasteiger charge is 2.34. The molecular weight excluding hydrogens is 224 g/mol. The molecule has 1 aliphatic rings. The van der Waals surface area contributed by atoms with Gasteiger partial charge >= 0.3 is 0 Å². The number of nitrogens with zero attached hydrogens (tertiary/aromatic N) is 1. The molecule has 1 saturated carbocycles. The van der Waals surface area contributed by atoms with E-state index in [1.165, 1.54) is 25.7 Å². The Morgan fingerprint density at radius 2 is 1.94 bits per heavy atom. The van der Waals surface area contributed by atoms with Crippen LogP contribution in [0.3, 0.4) is 0 Å². The maximum Gasteiger partial charge on any atom is 0.0558 e. The zero-order valence-electron chi connectivity index (χ0n) is 12.5. The van der Waals surface area contributed by atoms with Gasteiger partial charge in [0.05, 0.1) is 6.61 Å². The van der Waals surface area contributed by atoms with Gasteiger partial charge in [0.25, 0.3) is 0 Å². The normalized spacial score (nSPS) is 28.8. The maximum atomic E-state index is 9.14. The fourth-order valence-corrected chi connectivity index (χ4v) is 3.12. The van der Waals surface area contributed by atoms with E-state index in [1.54, 1.807) is 0 Å². The first-order valence-electron chi connectivity index (χ1n) is 7.69. The van der Waals surface area contributed by atoms with Crippen LogP contribution in [0.2, 0.25) is 0 Å². The van der Waals surface area contributed by atoms with Gasteiger partial charge in [-0.25, -0.2) is 0 Å². The van der Waals surface area contributed by atoms with Gasteiger partial charge in [-0.3, -0.25) is 0 Å². The summed E-state index contributed by atoms with van der Waals surface area (Å²) < 4.78 is 0. The fourth-order valence-electron chi connectivity index (χ4n) is 3.12. The van der Waals surface area contributed by atoms with E-state index < -0.39 is 0 Å². The van der Waals surface area contributed by atoms with Crippen molar-refractivity contribution in [1.29, 1.82) is 0 Å². The molecule has 1 fully saturated rings. The number of hydrogen-bond acceptors (Lipinski definition) is 3. The molecule has 0 heterocycles. The highest BCUT2D eigenvalue weighted by atomic mass is 16.3. The van der Waals surface area contributed by atoms with Crippen LogP contribution in [0.15, 0.2) is 0 Å². The van der Waals surface area contributed by atoms with Crippen molar-refractivity contribution in [2.75, 3.05) is 39.3 Å². The van der Waals surface area contributed by atoms with Crippen LogP contribution in [0.4, 0.5) is 0 Å². The zero-order chi connectivity index (χ0) is 13.4. The van der Waals surface area contributed by atoms with Crippen LogP contribution in [-0.2, 0) is 0 Å². The summed E-state index contributed by atoms with van der Waals surface area (Å²) >= 11 is 0.